The van der Waals surface area contributed by atoms with Gasteiger partial charge in [0.25, 0.3) is 0 Å². The average molecular weight is 248 g/mol. The molecule has 1 unspecified atom stereocenters. The fourth-order valence-corrected chi connectivity index (χ4v) is 2.33. The summed E-state index contributed by atoms with van der Waals surface area (Å²) in [5.41, 5.74) is 6.18. The Morgan fingerprint density at radius 2 is 2.27 bits per heavy atom. The Labute approximate surface area is 97.0 Å². The summed E-state index contributed by atoms with van der Waals surface area (Å²) in [4.78, 5) is 0.624. The van der Waals surface area contributed by atoms with Gasteiger partial charge in [-0.1, -0.05) is 11.6 Å². The summed E-state index contributed by atoms with van der Waals surface area (Å²) in [7, 11) is -1.11. The maximum Gasteiger partial charge on any atom is 0.0619 e. The molecular formula is C10H14ClNO2S. The molecule has 1 rings (SSSR count). The van der Waals surface area contributed by atoms with Crippen LogP contribution in [-0.4, -0.2) is 23.2 Å². The van der Waals surface area contributed by atoms with Gasteiger partial charge in [-0.25, -0.2) is 0 Å². The summed E-state index contributed by atoms with van der Waals surface area (Å²) in [6.07, 6.45) is 0. The second kappa shape index (κ2) is 6.10. The van der Waals surface area contributed by atoms with Crippen molar-refractivity contribution >= 4 is 28.1 Å². The lowest BCUT2D eigenvalue weighted by atomic mass is 10.3. The van der Waals surface area contributed by atoms with Crippen molar-refractivity contribution in [3.05, 3.63) is 23.2 Å². The van der Waals surface area contributed by atoms with E-state index in [0.717, 1.165) is 0 Å². The van der Waals surface area contributed by atoms with Crippen molar-refractivity contribution in [1.82, 2.24) is 0 Å². The first-order chi connectivity index (χ1) is 7.15. The molecule has 0 saturated heterocycles. The number of benzene rings is 1. The van der Waals surface area contributed by atoms with Crippen LogP contribution in [0.1, 0.15) is 6.92 Å². The number of rotatable bonds is 5. The first-order valence-electron chi connectivity index (χ1n) is 4.66. The van der Waals surface area contributed by atoms with E-state index < -0.39 is 10.8 Å². The van der Waals surface area contributed by atoms with Crippen LogP contribution >= 0.6 is 11.6 Å². The summed E-state index contributed by atoms with van der Waals surface area (Å²) in [6, 6.07) is 4.99. The summed E-state index contributed by atoms with van der Waals surface area (Å²) >= 11 is 5.74. The Morgan fingerprint density at radius 3 is 2.87 bits per heavy atom. The number of ether oxygens (including phenoxy) is 1. The predicted molar refractivity (Wildman–Crippen MR) is 63.6 cm³/mol. The van der Waals surface area contributed by atoms with Crippen LogP contribution in [0.3, 0.4) is 0 Å². The highest BCUT2D eigenvalue weighted by molar-refractivity contribution is 7.85. The van der Waals surface area contributed by atoms with E-state index in [4.69, 9.17) is 22.1 Å². The van der Waals surface area contributed by atoms with Gasteiger partial charge in [0.05, 0.1) is 28.1 Å². The lowest BCUT2D eigenvalue weighted by Gasteiger charge is -2.06. The lowest BCUT2D eigenvalue weighted by molar-refractivity contribution is 0.164. The minimum atomic E-state index is -1.11. The van der Waals surface area contributed by atoms with Crippen LogP contribution in [0.4, 0.5) is 5.69 Å². The maximum absolute atomic E-state index is 11.8. The van der Waals surface area contributed by atoms with Crippen LogP contribution < -0.4 is 5.73 Å². The highest BCUT2D eigenvalue weighted by Crippen LogP contribution is 2.21. The van der Waals surface area contributed by atoms with Crippen molar-refractivity contribution in [3.63, 3.8) is 0 Å². The molecule has 0 bridgehead atoms. The molecule has 0 radical (unpaired) electrons. The van der Waals surface area contributed by atoms with Gasteiger partial charge >= 0.3 is 0 Å². The van der Waals surface area contributed by atoms with Crippen LogP contribution in [0.25, 0.3) is 0 Å². The normalized spacial score (nSPS) is 12.7. The fourth-order valence-electron chi connectivity index (χ4n) is 1.12. The third kappa shape index (κ3) is 3.81. The van der Waals surface area contributed by atoms with Crippen molar-refractivity contribution in [2.75, 3.05) is 24.7 Å². The van der Waals surface area contributed by atoms with Gasteiger partial charge in [-0.2, -0.15) is 0 Å². The molecular weight excluding hydrogens is 234 g/mol. The van der Waals surface area contributed by atoms with Gasteiger partial charge in [0.1, 0.15) is 0 Å². The Kier molecular flexibility index (Phi) is 5.08. The quantitative estimate of drug-likeness (QED) is 0.640. The maximum atomic E-state index is 11.8. The number of hydrogen-bond donors (Lipinski definition) is 1. The first kappa shape index (κ1) is 12.5. The third-order valence-corrected chi connectivity index (χ3v) is 3.47. The van der Waals surface area contributed by atoms with Gasteiger partial charge in [0.2, 0.25) is 0 Å². The largest absolute Gasteiger partial charge is 0.398 e. The van der Waals surface area contributed by atoms with Crippen LogP contribution in [0.5, 0.6) is 0 Å². The highest BCUT2D eigenvalue weighted by Gasteiger charge is 2.07. The molecule has 3 nitrogen and oxygen atoms in total. The number of anilines is 1. The molecule has 0 fully saturated rings. The fraction of sp³-hybridized carbons (Fsp3) is 0.400. The lowest BCUT2D eigenvalue weighted by Crippen LogP contribution is -2.08. The molecule has 2 N–H and O–H groups in total. The van der Waals surface area contributed by atoms with Gasteiger partial charge < -0.3 is 10.5 Å². The zero-order valence-electron chi connectivity index (χ0n) is 8.53. The molecule has 84 valence electrons. The Hall–Kier alpha value is -0.580. The molecule has 0 aromatic heterocycles. The average Bonchev–Trinajstić information content (AvgIpc) is 2.17. The van der Waals surface area contributed by atoms with Gasteiger partial charge in [0, 0.05) is 17.3 Å². The second-order valence-electron chi connectivity index (χ2n) is 2.93. The molecule has 0 spiro atoms. The van der Waals surface area contributed by atoms with Crippen LogP contribution in [0.2, 0.25) is 5.02 Å². The monoisotopic (exact) mass is 247 g/mol. The van der Waals surface area contributed by atoms with E-state index in [9.17, 15) is 4.21 Å². The number of halogens is 1. The zero-order valence-corrected chi connectivity index (χ0v) is 10.1. The SMILES string of the molecule is CCOCCS(=O)c1ccc(Cl)cc1N. The van der Waals surface area contributed by atoms with E-state index in [0.29, 0.717) is 34.6 Å². The molecule has 15 heavy (non-hydrogen) atoms. The number of nitrogen functional groups attached to an aromatic ring is 1. The first-order valence-corrected chi connectivity index (χ1v) is 6.36. The van der Waals surface area contributed by atoms with E-state index in [1.54, 1.807) is 18.2 Å². The van der Waals surface area contributed by atoms with Crippen molar-refractivity contribution in [2.24, 2.45) is 0 Å². The molecule has 0 aliphatic heterocycles. The van der Waals surface area contributed by atoms with Gasteiger partial charge in [-0.15, -0.1) is 0 Å². The molecule has 1 aromatic carbocycles. The summed E-state index contributed by atoms with van der Waals surface area (Å²) in [5.74, 6) is 0.458. The minimum Gasteiger partial charge on any atom is -0.398 e. The third-order valence-electron chi connectivity index (χ3n) is 1.83. The van der Waals surface area contributed by atoms with Crippen molar-refractivity contribution in [2.45, 2.75) is 11.8 Å². The van der Waals surface area contributed by atoms with Crippen molar-refractivity contribution in [3.8, 4) is 0 Å². The number of nitrogens with two attached hydrogens (primary N) is 1. The molecule has 1 atom stereocenters. The van der Waals surface area contributed by atoms with E-state index >= 15 is 0 Å². The van der Waals surface area contributed by atoms with Gasteiger partial charge in [-0.05, 0) is 25.1 Å². The molecule has 0 aliphatic carbocycles. The van der Waals surface area contributed by atoms with E-state index in [-0.39, 0.29) is 0 Å². The van der Waals surface area contributed by atoms with Crippen LogP contribution in [0, 0.1) is 0 Å². The Balaban J connectivity index is 2.65. The Morgan fingerprint density at radius 1 is 1.53 bits per heavy atom. The topological polar surface area (TPSA) is 52.3 Å². The molecule has 0 saturated carbocycles. The molecule has 0 aliphatic rings. The second-order valence-corrected chi connectivity index (χ2v) is 4.90. The molecule has 5 heteroatoms. The predicted octanol–water partition coefficient (Wildman–Crippen LogP) is 2.07. The van der Waals surface area contributed by atoms with Crippen molar-refractivity contribution in [1.29, 1.82) is 0 Å². The van der Waals surface area contributed by atoms with Crippen LogP contribution in [-0.2, 0) is 15.5 Å². The Bertz CT molecular complexity index is 357. The smallest absolute Gasteiger partial charge is 0.0619 e. The molecule has 0 amide bonds. The van der Waals surface area contributed by atoms with Crippen LogP contribution in [0.15, 0.2) is 23.1 Å². The standard InChI is InChI=1S/C10H14ClNO2S/c1-2-14-5-6-15(13)10-4-3-8(11)7-9(10)12/h3-4,7H,2,5-6,12H2,1H3. The molecule has 0 heterocycles. The zero-order chi connectivity index (χ0) is 11.3. The highest BCUT2D eigenvalue weighted by atomic mass is 35.5. The van der Waals surface area contributed by atoms with Gasteiger partial charge in [0.15, 0.2) is 0 Å². The van der Waals surface area contributed by atoms with Gasteiger partial charge in [-0.3, -0.25) is 4.21 Å². The van der Waals surface area contributed by atoms with E-state index in [1.807, 2.05) is 6.92 Å². The summed E-state index contributed by atoms with van der Waals surface area (Å²) in [5, 5.41) is 0.554. The minimum absolute atomic E-state index is 0.458. The summed E-state index contributed by atoms with van der Waals surface area (Å²) < 4.78 is 16.9. The number of hydrogen-bond acceptors (Lipinski definition) is 3. The van der Waals surface area contributed by atoms with E-state index in [1.165, 1.54) is 0 Å². The van der Waals surface area contributed by atoms with Crippen molar-refractivity contribution < 1.29 is 8.95 Å². The molecule has 1 aromatic rings. The van der Waals surface area contributed by atoms with E-state index in [2.05, 4.69) is 0 Å². The summed E-state index contributed by atoms with van der Waals surface area (Å²) in [6.45, 7) is 3.01.